The van der Waals surface area contributed by atoms with Crippen LogP contribution in [0.1, 0.15) is 21.7 Å². The molecule has 4 nitrogen and oxygen atoms in total. The van der Waals surface area contributed by atoms with Crippen LogP contribution in [-0.4, -0.2) is 11.1 Å². The van der Waals surface area contributed by atoms with E-state index in [0.29, 0.717) is 5.39 Å². The maximum atomic E-state index is 14.2. The molecule has 1 N–H and O–H groups in total. The third-order valence-corrected chi connectivity index (χ3v) is 3.88. The lowest BCUT2D eigenvalue weighted by Crippen LogP contribution is -2.10. The second kappa shape index (κ2) is 5.35. The van der Waals surface area contributed by atoms with Crippen LogP contribution in [0.3, 0.4) is 0 Å². The van der Waals surface area contributed by atoms with Gasteiger partial charge in [0.05, 0.1) is 5.39 Å². The summed E-state index contributed by atoms with van der Waals surface area (Å²) in [5.74, 6) is -2.56. The van der Waals surface area contributed by atoms with Gasteiger partial charge in [0.1, 0.15) is 5.82 Å². The Morgan fingerprint density at radius 3 is 2.30 bits per heavy atom. The molecule has 0 spiro atoms. The topological polar surface area (TPSA) is 67.5 Å². The molecular weight excluding hydrogens is 299 g/mol. The van der Waals surface area contributed by atoms with Gasteiger partial charge in [-0.15, -0.1) is 0 Å². The van der Waals surface area contributed by atoms with Crippen LogP contribution >= 0.6 is 0 Å². The van der Waals surface area contributed by atoms with Crippen molar-refractivity contribution in [3.63, 3.8) is 0 Å². The van der Waals surface area contributed by atoms with Crippen molar-refractivity contribution in [2.45, 2.75) is 13.8 Å². The standard InChI is InChI=1S/C18H13FO4/c1-9-7-12-13(8-10(9)2)18(22)23-16(17(20)21)15(12)11-5-3-4-6-14(11)19/h3-8H,1-2H3,(H,20,21). The number of aryl methyl sites for hydroxylation is 2. The fraction of sp³-hybridized carbons (Fsp3) is 0.111. The van der Waals surface area contributed by atoms with Crippen molar-refractivity contribution >= 4 is 16.7 Å². The van der Waals surface area contributed by atoms with Crippen LogP contribution in [0.4, 0.5) is 4.39 Å². The summed E-state index contributed by atoms with van der Waals surface area (Å²) in [7, 11) is 0. The third-order valence-electron chi connectivity index (χ3n) is 3.88. The molecule has 0 bridgehead atoms. The lowest BCUT2D eigenvalue weighted by molar-refractivity contribution is 0.0659. The molecule has 3 rings (SSSR count). The van der Waals surface area contributed by atoms with Gasteiger partial charge in [-0.3, -0.25) is 0 Å². The molecule has 0 aliphatic carbocycles. The normalized spacial score (nSPS) is 10.9. The van der Waals surface area contributed by atoms with E-state index in [4.69, 9.17) is 4.42 Å². The summed E-state index contributed by atoms with van der Waals surface area (Å²) in [6.45, 7) is 3.68. The molecule has 2 aromatic carbocycles. The van der Waals surface area contributed by atoms with E-state index in [1.165, 1.54) is 18.2 Å². The van der Waals surface area contributed by atoms with Crippen molar-refractivity contribution in [2.24, 2.45) is 0 Å². The first kappa shape index (κ1) is 15.0. The van der Waals surface area contributed by atoms with Gasteiger partial charge in [-0.05, 0) is 37.1 Å². The molecule has 0 aliphatic rings. The molecule has 1 aromatic heterocycles. The summed E-state index contributed by atoms with van der Waals surface area (Å²) in [6.07, 6.45) is 0. The first-order valence-electron chi connectivity index (χ1n) is 6.96. The van der Waals surface area contributed by atoms with E-state index >= 15 is 0 Å². The average Bonchev–Trinajstić information content (AvgIpc) is 2.50. The molecule has 3 aromatic rings. The minimum Gasteiger partial charge on any atom is -0.475 e. The van der Waals surface area contributed by atoms with Crippen LogP contribution in [0, 0.1) is 19.7 Å². The van der Waals surface area contributed by atoms with Crippen molar-refractivity contribution in [1.29, 1.82) is 0 Å². The number of halogens is 1. The fourth-order valence-corrected chi connectivity index (χ4v) is 2.59. The van der Waals surface area contributed by atoms with Gasteiger partial charge < -0.3 is 9.52 Å². The molecule has 116 valence electrons. The molecule has 0 radical (unpaired) electrons. The molecule has 0 saturated carbocycles. The average molecular weight is 312 g/mol. The van der Waals surface area contributed by atoms with E-state index in [1.54, 1.807) is 18.2 Å². The molecular formula is C18H13FO4. The summed E-state index contributed by atoms with van der Waals surface area (Å²) < 4.78 is 19.2. The third kappa shape index (κ3) is 2.40. The van der Waals surface area contributed by atoms with Gasteiger partial charge in [0.2, 0.25) is 5.76 Å². The second-order valence-corrected chi connectivity index (χ2v) is 5.36. The highest BCUT2D eigenvalue weighted by molar-refractivity contribution is 6.05. The van der Waals surface area contributed by atoms with Gasteiger partial charge in [-0.25, -0.2) is 14.0 Å². The number of benzene rings is 2. The number of carbonyl (C=O) groups is 1. The Bertz CT molecular complexity index is 1000. The Morgan fingerprint density at radius 1 is 1.09 bits per heavy atom. The largest absolute Gasteiger partial charge is 0.475 e. The van der Waals surface area contributed by atoms with Crippen molar-refractivity contribution in [3.8, 4) is 11.1 Å². The van der Waals surface area contributed by atoms with Crippen molar-refractivity contribution < 1.29 is 18.7 Å². The highest BCUT2D eigenvalue weighted by atomic mass is 19.1. The van der Waals surface area contributed by atoms with Gasteiger partial charge in [0.25, 0.3) is 0 Å². The van der Waals surface area contributed by atoms with E-state index in [9.17, 15) is 19.1 Å². The first-order chi connectivity index (χ1) is 10.9. The lowest BCUT2D eigenvalue weighted by Gasteiger charge is -2.12. The Balaban J connectivity index is 2.57. The molecule has 1 heterocycles. The fourth-order valence-electron chi connectivity index (χ4n) is 2.59. The Morgan fingerprint density at radius 2 is 1.70 bits per heavy atom. The minimum atomic E-state index is -1.42. The molecule has 5 heteroatoms. The van der Waals surface area contributed by atoms with Crippen LogP contribution in [-0.2, 0) is 0 Å². The highest BCUT2D eigenvalue weighted by Gasteiger charge is 2.23. The van der Waals surface area contributed by atoms with Crippen molar-refractivity contribution in [2.75, 3.05) is 0 Å². The van der Waals surface area contributed by atoms with E-state index in [0.717, 1.165) is 11.1 Å². The number of hydrogen-bond donors (Lipinski definition) is 1. The zero-order chi connectivity index (χ0) is 16.7. The number of hydrogen-bond acceptors (Lipinski definition) is 3. The number of carboxylic acid groups (broad SMARTS) is 1. The predicted octanol–water partition coefficient (Wildman–Crippen LogP) is 3.91. The second-order valence-electron chi connectivity index (χ2n) is 5.36. The van der Waals surface area contributed by atoms with Gasteiger partial charge in [0, 0.05) is 16.5 Å². The Labute approximate surface area is 130 Å². The number of aromatic carboxylic acids is 1. The van der Waals surface area contributed by atoms with Crippen LogP contribution in [0.25, 0.3) is 21.9 Å². The van der Waals surface area contributed by atoms with E-state index in [2.05, 4.69) is 0 Å². The van der Waals surface area contributed by atoms with Gasteiger partial charge in [-0.2, -0.15) is 0 Å². The monoisotopic (exact) mass is 312 g/mol. The number of rotatable bonds is 2. The lowest BCUT2D eigenvalue weighted by atomic mass is 9.95. The van der Waals surface area contributed by atoms with Gasteiger partial charge >= 0.3 is 11.6 Å². The quantitative estimate of drug-likeness (QED) is 0.779. The van der Waals surface area contributed by atoms with Crippen LogP contribution in [0.15, 0.2) is 45.6 Å². The number of carboxylic acids is 1. The van der Waals surface area contributed by atoms with Crippen LogP contribution in [0.5, 0.6) is 0 Å². The van der Waals surface area contributed by atoms with Gasteiger partial charge in [0.15, 0.2) is 0 Å². The Hall–Kier alpha value is -2.95. The van der Waals surface area contributed by atoms with E-state index < -0.39 is 23.2 Å². The predicted molar refractivity (Wildman–Crippen MR) is 84.3 cm³/mol. The molecule has 0 fully saturated rings. The summed E-state index contributed by atoms with van der Waals surface area (Å²) in [4.78, 5) is 23.6. The van der Waals surface area contributed by atoms with Crippen LogP contribution < -0.4 is 5.63 Å². The maximum absolute atomic E-state index is 14.2. The molecule has 23 heavy (non-hydrogen) atoms. The molecule has 0 aliphatic heterocycles. The summed E-state index contributed by atoms with van der Waals surface area (Å²) >= 11 is 0. The summed E-state index contributed by atoms with van der Waals surface area (Å²) in [5.41, 5.74) is 1.15. The molecule has 0 atom stereocenters. The molecule has 0 saturated heterocycles. The van der Waals surface area contributed by atoms with E-state index in [-0.39, 0.29) is 16.5 Å². The van der Waals surface area contributed by atoms with Crippen molar-refractivity contribution in [1.82, 2.24) is 0 Å². The summed E-state index contributed by atoms with van der Waals surface area (Å²) in [6, 6.07) is 9.13. The summed E-state index contributed by atoms with van der Waals surface area (Å²) in [5, 5.41) is 9.97. The smallest absolute Gasteiger partial charge is 0.372 e. The zero-order valence-electron chi connectivity index (χ0n) is 12.5. The van der Waals surface area contributed by atoms with Crippen molar-refractivity contribution in [3.05, 3.63) is 69.5 Å². The molecule has 0 amide bonds. The zero-order valence-corrected chi connectivity index (χ0v) is 12.5. The Kier molecular flexibility index (Phi) is 3.48. The number of fused-ring (bicyclic) bond motifs is 1. The van der Waals surface area contributed by atoms with Gasteiger partial charge in [-0.1, -0.05) is 24.3 Å². The minimum absolute atomic E-state index is 0.0771. The SMILES string of the molecule is Cc1cc2c(-c3ccccc3F)c(C(=O)O)oc(=O)c2cc1C. The van der Waals surface area contributed by atoms with E-state index in [1.807, 2.05) is 13.8 Å². The van der Waals surface area contributed by atoms with Crippen LogP contribution in [0.2, 0.25) is 0 Å². The molecule has 0 unspecified atom stereocenters. The highest BCUT2D eigenvalue weighted by Crippen LogP contribution is 2.33. The maximum Gasteiger partial charge on any atom is 0.372 e. The first-order valence-corrected chi connectivity index (χ1v) is 6.96.